The Balaban J connectivity index is 1.93. The summed E-state index contributed by atoms with van der Waals surface area (Å²) in [5.74, 6) is 0.274. The van der Waals surface area contributed by atoms with E-state index in [1.807, 2.05) is 0 Å². The highest BCUT2D eigenvalue weighted by Crippen LogP contribution is 2.37. The summed E-state index contributed by atoms with van der Waals surface area (Å²) in [6.45, 7) is 0. The highest BCUT2D eigenvalue weighted by Gasteiger charge is 2.32. The minimum Gasteiger partial charge on any atom is -0.310 e. The van der Waals surface area contributed by atoms with Gasteiger partial charge in [-0.1, -0.05) is 0 Å². The van der Waals surface area contributed by atoms with Crippen LogP contribution < -0.4 is 5.32 Å². The zero-order chi connectivity index (χ0) is 16.2. The number of carbonyl (C=O) groups is 1. The molecule has 0 unspecified atom stereocenters. The number of H-pyrrole nitrogens is 1. The number of alkyl halides is 3. The topological polar surface area (TPSA) is 70.7 Å². The molecule has 2 aromatic heterocycles. The molecule has 0 fully saturated rings. The molecule has 0 saturated heterocycles. The summed E-state index contributed by atoms with van der Waals surface area (Å²) in [4.78, 5) is 15.5. The molecule has 3 heterocycles. The van der Waals surface area contributed by atoms with Crippen LogP contribution in [-0.4, -0.2) is 21.1 Å². The Hall–Kier alpha value is -2.90. The van der Waals surface area contributed by atoms with Crippen LogP contribution in [0.5, 0.6) is 0 Å². The van der Waals surface area contributed by atoms with E-state index < -0.39 is 11.7 Å². The fourth-order valence-electron chi connectivity index (χ4n) is 2.71. The largest absolute Gasteiger partial charge is 0.416 e. The van der Waals surface area contributed by atoms with Crippen LogP contribution in [0.4, 0.5) is 19.0 Å². The second-order valence-corrected chi connectivity index (χ2v) is 5.31. The molecule has 5 nitrogen and oxygen atoms in total. The van der Waals surface area contributed by atoms with Crippen molar-refractivity contribution in [1.29, 1.82) is 0 Å². The quantitative estimate of drug-likeness (QED) is 0.724. The number of fused-ring (bicyclic) bond motifs is 2. The van der Waals surface area contributed by atoms with E-state index in [-0.39, 0.29) is 12.3 Å². The van der Waals surface area contributed by atoms with Gasteiger partial charge in [-0.2, -0.15) is 18.3 Å². The first-order valence-corrected chi connectivity index (χ1v) is 6.75. The summed E-state index contributed by atoms with van der Waals surface area (Å²) in [5, 5.41) is 9.54. The van der Waals surface area contributed by atoms with Gasteiger partial charge in [-0.15, -0.1) is 0 Å². The van der Waals surface area contributed by atoms with Crippen LogP contribution in [0, 0.1) is 0 Å². The number of anilines is 1. The van der Waals surface area contributed by atoms with E-state index in [4.69, 9.17) is 0 Å². The van der Waals surface area contributed by atoms with Gasteiger partial charge in [0.1, 0.15) is 5.82 Å². The van der Waals surface area contributed by atoms with Crippen LogP contribution >= 0.6 is 0 Å². The number of amides is 1. The van der Waals surface area contributed by atoms with E-state index in [2.05, 4.69) is 20.5 Å². The van der Waals surface area contributed by atoms with Crippen molar-refractivity contribution in [2.45, 2.75) is 12.6 Å². The van der Waals surface area contributed by atoms with Crippen LogP contribution in [-0.2, 0) is 17.4 Å². The third-order valence-electron chi connectivity index (χ3n) is 3.77. The molecule has 4 rings (SSSR count). The number of carbonyl (C=O) groups excluding carboxylic acids is 1. The molecular formula is C15H9F3N4O. The first-order valence-electron chi connectivity index (χ1n) is 6.75. The molecule has 1 aliphatic heterocycles. The standard InChI is InChI=1S/C15H9F3N4O/c16-15(17,18)9-3-10(11-6-20-22-12(11)4-9)8-1-7-2-13(23)21-14(7)19-5-8/h1,3-6H,2H2,(H,20,22)(H,19,21,23). The van der Waals surface area contributed by atoms with Gasteiger partial charge in [-0.05, 0) is 23.8 Å². The van der Waals surface area contributed by atoms with Crippen molar-refractivity contribution in [3.63, 3.8) is 0 Å². The first kappa shape index (κ1) is 13.7. The number of aromatic amines is 1. The number of rotatable bonds is 1. The fourth-order valence-corrected chi connectivity index (χ4v) is 2.71. The second-order valence-electron chi connectivity index (χ2n) is 5.31. The van der Waals surface area contributed by atoms with E-state index in [1.165, 1.54) is 12.4 Å². The molecule has 0 bridgehead atoms. The Kier molecular flexibility index (Phi) is 2.72. The molecule has 1 aromatic carbocycles. The highest BCUT2D eigenvalue weighted by molar-refractivity contribution is 6.00. The zero-order valence-electron chi connectivity index (χ0n) is 11.5. The molecule has 0 radical (unpaired) electrons. The molecular weight excluding hydrogens is 309 g/mol. The number of pyridine rings is 1. The van der Waals surface area contributed by atoms with E-state index in [0.29, 0.717) is 33.4 Å². The lowest BCUT2D eigenvalue weighted by atomic mass is 9.99. The SMILES string of the molecule is O=C1Cc2cc(-c3cc(C(F)(F)F)cc4[nH]ncc34)cnc2N1. The van der Waals surface area contributed by atoms with Crippen molar-refractivity contribution >= 4 is 22.6 Å². The zero-order valence-corrected chi connectivity index (χ0v) is 11.5. The van der Waals surface area contributed by atoms with Crippen molar-refractivity contribution in [1.82, 2.24) is 15.2 Å². The Labute approximate surface area is 127 Å². The van der Waals surface area contributed by atoms with Crippen molar-refractivity contribution in [2.24, 2.45) is 0 Å². The third kappa shape index (κ3) is 2.23. The number of aromatic nitrogens is 3. The van der Waals surface area contributed by atoms with Crippen molar-refractivity contribution in [3.8, 4) is 11.1 Å². The predicted octanol–water partition coefficient (Wildman–Crippen LogP) is 3.14. The normalized spacial score (nSPS) is 14.1. The van der Waals surface area contributed by atoms with Crippen LogP contribution in [0.15, 0.2) is 30.6 Å². The lowest BCUT2D eigenvalue weighted by Crippen LogP contribution is -2.05. The van der Waals surface area contributed by atoms with Gasteiger partial charge in [-0.25, -0.2) is 4.98 Å². The highest BCUT2D eigenvalue weighted by atomic mass is 19.4. The Morgan fingerprint density at radius 3 is 2.74 bits per heavy atom. The number of hydrogen-bond donors (Lipinski definition) is 2. The Morgan fingerprint density at radius 1 is 1.13 bits per heavy atom. The van der Waals surface area contributed by atoms with Crippen LogP contribution in [0.1, 0.15) is 11.1 Å². The molecule has 0 atom stereocenters. The van der Waals surface area contributed by atoms with Gasteiger partial charge in [0.15, 0.2) is 0 Å². The van der Waals surface area contributed by atoms with Gasteiger partial charge in [0.25, 0.3) is 0 Å². The van der Waals surface area contributed by atoms with Crippen LogP contribution in [0.25, 0.3) is 22.0 Å². The maximum atomic E-state index is 13.1. The smallest absolute Gasteiger partial charge is 0.310 e. The molecule has 1 amide bonds. The van der Waals surface area contributed by atoms with Gasteiger partial charge in [0.05, 0.1) is 23.7 Å². The van der Waals surface area contributed by atoms with Gasteiger partial charge in [0.2, 0.25) is 5.91 Å². The summed E-state index contributed by atoms with van der Waals surface area (Å²) in [6.07, 6.45) is -1.37. The number of benzene rings is 1. The molecule has 0 aliphatic carbocycles. The Bertz CT molecular complexity index is 946. The van der Waals surface area contributed by atoms with Crippen molar-refractivity contribution < 1.29 is 18.0 Å². The maximum Gasteiger partial charge on any atom is 0.416 e. The molecule has 3 aromatic rings. The number of halogens is 3. The van der Waals surface area contributed by atoms with Crippen LogP contribution in [0.2, 0.25) is 0 Å². The fraction of sp³-hybridized carbons (Fsp3) is 0.133. The summed E-state index contributed by atoms with van der Waals surface area (Å²) in [5.41, 5.74) is 1.08. The van der Waals surface area contributed by atoms with Crippen molar-refractivity contribution in [3.05, 3.63) is 41.7 Å². The first-order chi connectivity index (χ1) is 10.9. The number of hydrogen-bond acceptors (Lipinski definition) is 3. The molecule has 1 aliphatic rings. The second kappa shape index (κ2) is 4.55. The molecule has 0 spiro atoms. The summed E-state index contributed by atoms with van der Waals surface area (Å²) >= 11 is 0. The minimum absolute atomic E-state index is 0.170. The van der Waals surface area contributed by atoms with Gasteiger partial charge in [-0.3, -0.25) is 9.89 Å². The van der Waals surface area contributed by atoms with E-state index in [0.717, 1.165) is 12.1 Å². The van der Waals surface area contributed by atoms with E-state index >= 15 is 0 Å². The summed E-state index contributed by atoms with van der Waals surface area (Å²) in [7, 11) is 0. The molecule has 2 N–H and O–H groups in total. The monoisotopic (exact) mass is 318 g/mol. The van der Waals surface area contributed by atoms with Crippen LogP contribution in [0.3, 0.4) is 0 Å². The molecule has 8 heteroatoms. The molecule has 0 saturated carbocycles. The number of nitrogens with zero attached hydrogens (tertiary/aromatic N) is 2. The molecule has 23 heavy (non-hydrogen) atoms. The summed E-state index contributed by atoms with van der Waals surface area (Å²) < 4.78 is 39.3. The average molecular weight is 318 g/mol. The van der Waals surface area contributed by atoms with Gasteiger partial charge < -0.3 is 5.32 Å². The van der Waals surface area contributed by atoms with Gasteiger partial charge >= 0.3 is 6.18 Å². The third-order valence-corrected chi connectivity index (χ3v) is 3.77. The summed E-state index contributed by atoms with van der Waals surface area (Å²) in [6, 6.07) is 3.78. The van der Waals surface area contributed by atoms with E-state index in [1.54, 1.807) is 6.07 Å². The number of nitrogens with one attached hydrogen (secondary N) is 2. The lowest BCUT2D eigenvalue weighted by molar-refractivity contribution is -0.137. The van der Waals surface area contributed by atoms with Crippen molar-refractivity contribution in [2.75, 3.05) is 5.32 Å². The predicted molar refractivity (Wildman–Crippen MR) is 76.7 cm³/mol. The average Bonchev–Trinajstić information content (AvgIpc) is 3.08. The minimum atomic E-state index is -4.46. The Morgan fingerprint density at radius 2 is 1.96 bits per heavy atom. The van der Waals surface area contributed by atoms with E-state index in [9.17, 15) is 18.0 Å². The van der Waals surface area contributed by atoms with Gasteiger partial charge in [0, 0.05) is 22.7 Å². The lowest BCUT2D eigenvalue weighted by Gasteiger charge is -2.11. The maximum absolute atomic E-state index is 13.1. The molecule has 116 valence electrons.